The van der Waals surface area contributed by atoms with Gasteiger partial charge in [-0.2, -0.15) is 0 Å². The smallest absolute Gasteiger partial charge is 0.137 e. The lowest BCUT2D eigenvalue weighted by atomic mass is 9.83. The Morgan fingerprint density at radius 3 is 2.30 bits per heavy atom. The normalized spacial score (nSPS) is 12.8. The van der Waals surface area contributed by atoms with E-state index in [-0.39, 0.29) is 11.4 Å². The molecule has 0 heterocycles. The van der Waals surface area contributed by atoms with Crippen molar-refractivity contribution >= 4 is 15.9 Å². The summed E-state index contributed by atoms with van der Waals surface area (Å²) in [5, 5.41) is 3.54. The molecule has 0 saturated carbocycles. The van der Waals surface area contributed by atoms with E-state index in [1.165, 1.54) is 11.6 Å². The summed E-state index contributed by atoms with van der Waals surface area (Å²) >= 11 is 3.25. The van der Waals surface area contributed by atoms with Crippen LogP contribution in [-0.4, -0.2) is 12.1 Å². The Labute approximate surface area is 131 Å². The van der Waals surface area contributed by atoms with E-state index in [4.69, 9.17) is 0 Å². The topological polar surface area (TPSA) is 12.0 Å². The van der Waals surface area contributed by atoms with Crippen molar-refractivity contribution in [2.45, 2.75) is 59.4 Å². The van der Waals surface area contributed by atoms with Gasteiger partial charge in [-0.3, -0.25) is 0 Å². The maximum absolute atomic E-state index is 13.2. The summed E-state index contributed by atoms with van der Waals surface area (Å²) in [7, 11) is 0. The molecule has 0 spiro atoms. The molecule has 1 N–H and O–H groups in total. The Morgan fingerprint density at radius 2 is 1.75 bits per heavy atom. The van der Waals surface area contributed by atoms with Crippen molar-refractivity contribution in [3.63, 3.8) is 0 Å². The van der Waals surface area contributed by atoms with Crippen LogP contribution >= 0.6 is 15.9 Å². The summed E-state index contributed by atoms with van der Waals surface area (Å²) in [5.41, 5.74) is 1.66. The zero-order chi connectivity index (χ0) is 15.4. The monoisotopic (exact) mass is 343 g/mol. The van der Waals surface area contributed by atoms with Crippen molar-refractivity contribution in [1.82, 2.24) is 5.32 Å². The van der Waals surface area contributed by atoms with Gasteiger partial charge < -0.3 is 5.32 Å². The van der Waals surface area contributed by atoms with Gasteiger partial charge in [0.05, 0.1) is 4.47 Å². The molecule has 0 aromatic heterocycles. The van der Waals surface area contributed by atoms with E-state index >= 15 is 0 Å². The van der Waals surface area contributed by atoms with Gasteiger partial charge in [-0.15, -0.1) is 0 Å². The molecule has 0 fully saturated rings. The van der Waals surface area contributed by atoms with Gasteiger partial charge in [0.15, 0.2) is 0 Å². The van der Waals surface area contributed by atoms with E-state index in [0.29, 0.717) is 9.89 Å². The first-order valence-corrected chi connectivity index (χ1v) is 8.07. The predicted molar refractivity (Wildman–Crippen MR) is 88.6 cm³/mol. The first-order chi connectivity index (χ1) is 9.09. The summed E-state index contributed by atoms with van der Waals surface area (Å²) < 4.78 is 13.8. The van der Waals surface area contributed by atoms with Crippen LogP contribution in [0.3, 0.4) is 0 Å². The van der Waals surface area contributed by atoms with Crippen LogP contribution in [0.5, 0.6) is 0 Å². The van der Waals surface area contributed by atoms with E-state index in [2.05, 4.69) is 55.9 Å². The standard InChI is InChI=1S/C17H27BrFN/c1-16(2,3)20-11-10-17(4,5)9-8-13-6-7-15(19)14(18)12-13/h6-7,12,20H,8-11H2,1-5H3. The van der Waals surface area contributed by atoms with E-state index in [0.717, 1.165) is 25.8 Å². The molecule has 20 heavy (non-hydrogen) atoms. The number of hydrogen-bond acceptors (Lipinski definition) is 1. The number of aryl methyl sites for hydroxylation is 1. The minimum atomic E-state index is -0.192. The quantitative estimate of drug-likeness (QED) is 0.736. The molecule has 0 bridgehead atoms. The molecule has 0 amide bonds. The van der Waals surface area contributed by atoms with Crippen molar-refractivity contribution in [2.75, 3.05) is 6.54 Å². The molecular formula is C17H27BrFN. The van der Waals surface area contributed by atoms with E-state index in [1.807, 2.05) is 12.1 Å². The number of nitrogens with one attached hydrogen (secondary N) is 1. The van der Waals surface area contributed by atoms with Crippen LogP contribution in [0.2, 0.25) is 0 Å². The molecule has 1 nitrogen and oxygen atoms in total. The number of halogens is 2. The molecule has 114 valence electrons. The summed E-state index contributed by atoms with van der Waals surface area (Å²) in [6.07, 6.45) is 3.24. The molecule has 0 atom stereocenters. The highest BCUT2D eigenvalue weighted by Crippen LogP contribution is 2.28. The molecule has 3 heteroatoms. The Bertz CT molecular complexity index is 435. The molecule has 0 aliphatic carbocycles. The lowest BCUT2D eigenvalue weighted by Gasteiger charge is -2.28. The van der Waals surface area contributed by atoms with Crippen molar-refractivity contribution < 1.29 is 4.39 Å². The third-order valence-corrected chi connectivity index (χ3v) is 4.14. The first kappa shape index (κ1) is 17.6. The highest BCUT2D eigenvalue weighted by atomic mass is 79.9. The van der Waals surface area contributed by atoms with Crippen LogP contribution in [0.4, 0.5) is 4.39 Å². The second kappa shape index (κ2) is 7.04. The molecule has 1 rings (SSSR count). The van der Waals surface area contributed by atoms with Crippen LogP contribution in [0.25, 0.3) is 0 Å². The van der Waals surface area contributed by atoms with Gasteiger partial charge in [-0.1, -0.05) is 19.9 Å². The highest BCUT2D eigenvalue weighted by molar-refractivity contribution is 9.10. The zero-order valence-electron chi connectivity index (χ0n) is 13.3. The van der Waals surface area contributed by atoms with E-state index in [9.17, 15) is 4.39 Å². The number of hydrogen-bond donors (Lipinski definition) is 1. The van der Waals surface area contributed by atoms with Gasteiger partial charge >= 0.3 is 0 Å². The molecule has 0 saturated heterocycles. The lowest BCUT2D eigenvalue weighted by molar-refractivity contribution is 0.284. The number of benzene rings is 1. The molecular weight excluding hydrogens is 317 g/mol. The Kier molecular flexibility index (Phi) is 6.21. The second-order valence-electron chi connectivity index (χ2n) is 7.34. The number of rotatable bonds is 6. The van der Waals surface area contributed by atoms with Crippen LogP contribution in [0.15, 0.2) is 22.7 Å². The van der Waals surface area contributed by atoms with Gasteiger partial charge in [0.2, 0.25) is 0 Å². The highest BCUT2D eigenvalue weighted by Gasteiger charge is 2.19. The van der Waals surface area contributed by atoms with E-state index in [1.54, 1.807) is 0 Å². The molecule has 1 aromatic carbocycles. The maximum atomic E-state index is 13.2. The summed E-state index contributed by atoms with van der Waals surface area (Å²) in [6, 6.07) is 5.30. The first-order valence-electron chi connectivity index (χ1n) is 7.28. The fourth-order valence-corrected chi connectivity index (χ4v) is 2.50. The minimum Gasteiger partial charge on any atom is -0.312 e. The third-order valence-electron chi connectivity index (χ3n) is 3.53. The SMILES string of the molecule is CC(C)(CCNC(C)(C)C)CCc1ccc(F)c(Br)c1. The average molecular weight is 344 g/mol. The second-order valence-corrected chi connectivity index (χ2v) is 8.19. The summed E-state index contributed by atoms with van der Waals surface area (Å²) in [5.74, 6) is -0.192. The van der Waals surface area contributed by atoms with Crippen LogP contribution in [0.1, 0.15) is 53.0 Å². The zero-order valence-corrected chi connectivity index (χ0v) is 14.9. The van der Waals surface area contributed by atoms with Gasteiger partial charge in [0.25, 0.3) is 0 Å². The van der Waals surface area contributed by atoms with Crippen molar-refractivity contribution in [1.29, 1.82) is 0 Å². The van der Waals surface area contributed by atoms with Gasteiger partial charge in [-0.25, -0.2) is 4.39 Å². The Morgan fingerprint density at radius 1 is 1.10 bits per heavy atom. The van der Waals surface area contributed by atoms with E-state index < -0.39 is 0 Å². The van der Waals surface area contributed by atoms with Gasteiger partial charge in [-0.05, 0) is 85.6 Å². The largest absolute Gasteiger partial charge is 0.312 e. The molecule has 0 aliphatic heterocycles. The van der Waals surface area contributed by atoms with Crippen molar-refractivity contribution in [3.8, 4) is 0 Å². The minimum absolute atomic E-state index is 0.178. The molecule has 1 aromatic rings. The molecule has 0 radical (unpaired) electrons. The molecule has 0 unspecified atom stereocenters. The van der Waals surface area contributed by atoms with Crippen LogP contribution in [0, 0.1) is 11.2 Å². The molecule has 0 aliphatic rings. The van der Waals surface area contributed by atoms with Crippen LogP contribution in [-0.2, 0) is 6.42 Å². The average Bonchev–Trinajstić information content (AvgIpc) is 2.29. The predicted octanol–water partition coefficient (Wildman–Crippen LogP) is 5.33. The lowest BCUT2D eigenvalue weighted by Crippen LogP contribution is -2.38. The third kappa shape index (κ3) is 6.85. The van der Waals surface area contributed by atoms with Crippen molar-refractivity contribution in [3.05, 3.63) is 34.1 Å². The summed E-state index contributed by atoms with van der Waals surface area (Å²) in [6.45, 7) is 12.2. The van der Waals surface area contributed by atoms with Crippen molar-refractivity contribution in [2.24, 2.45) is 5.41 Å². The Hall–Kier alpha value is -0.410. The fraction of sp³-hybridized carbons (Fsp3) is 0.647. The Balaban J connectivity index is 2.44. The van der Waals surface area contributed by atoms with Crippen LogP contribution < -0.4 is 5.32 Å². The fourth-order valence-electron chi connectivity index (χ4n) is 2.08. The van der Waals surface area contributed by atoms with Gasteiger partial charge in [0.1, 0.15) is 5.82 Å². The summed E-state index contributed by atoms with van der Waals surface area (Å²) in [4.78, 5) is 0. The van der Waals surface area contributed by atoms with Gasteiger partial charge in [0, 0.05) is 5.54 Å². The maximum Gasteiger partial charge on any atom is 0.137 e.